The SMILES string of the molecule is COC1=CC(=C(C#N)c2ccccc2)C=CC1N=O. The normalized spacial score (nSPS) is 20.2. The van der Waals surface area contributed by atoms with Gasteiger partial charge in [-0.25, -0.2) is 0 Å². The Morgan fingerprint density at radius 3 is 2.68 bits per heavy atom. The van der Waals surface area contributed by atoms with Gasteiger partial charge in [0, 0.05) is 0 Å². The molecule has 0 heterocycles. The Labute approximate surface area is 111 Å². The molecule has 1 aromatic rings. The van der Waals surface area contributed by atoms with E-state index < -0.39 is 6.04 Å². The fraction of sp³-hybridized carbons (Fsp3) is 0.133. The van der Waals surface area contributed by atoms with Crippen molar-refractivity contribution in [2.45, 2.75) is 6.04 Å². The molecular formula is C15H12N2O2. The smallest absolute Gasteiger partial charge is 0.167 e. The summed E-state index contributed by atoms with van der Waals surface area (Å²) >= 11 is 0. The fourth-order valence-electron chi connectivity index (χ4n) is 1.90. The first-order chi connectivity index (χ1) is 9.30. The van der Waals surface area contributed by atoms with E-state index in [1.54, 1.807) is 18.2 Å². The molecule has 4 nitrogen and oxygen atoms in total. The van der Waals surface area contributed by atoms with Crippen LogP contribution in [0, 0.1) is 16.2 Å². The summed E-state index contributed by atoms with van der Waals surface area (Å²) in [4.78, 5) is 10.6. The number of benzene rings is 1. The van der Waals surface area contributed by atoms with Crippen molar-refractivity contribution in [3.63, 3.8) is 0 Å². The second-order valence-corrected chi connectivity index (χ2v) is 3.97. The van der Waals surface area contributed by atoms with Crippen LogP contribution in [0.2, 0.25) is 0 Å². The van der Waals surface area contributed by atoms with Gasteiger partial charge in [-0.1, -0.05) is 41.6 Å². The monoisotopic (exact) mass is 252 g/mol. The fourth-order valence-corrected chi connectivity index (χ4v) is 1.90. The van der Waals surface area contributed by atoms with E-state index in [4.69, 9.17) is 4.74 Å². The van der Waals surface area contributed by atoms with E-state index in [-0.39, 0.29) is 0 Å². The highest BCUT2D eigenvalue weighted by Gasteiger charge is 2.18. The molecule has 4 heteroatoms. The Balaban J connectivity index is 2.50. The van der Waals surface area contributed by atoms with Crippen molar-refractivity contribution in [1.82, 2.24) is 0 Å². The molecule has 1 unspecified atom stereocenters. The number of nitroso groups, excluding NO2 is 1. The molecule has 0 aromatic heterocycles. The quantitative estimate of drug-likeness (QED) is 0.613. The van der Waals surface area contributed by atoms with Gasteiger partial charge in [-0.2, -0.15) is 5.26 Å². The summed E-state index contributed by atoms with van der Waals surface area (Å²) in [6.07, 6.45) is 5.03. The van der Waals surface area contributed by atoms with E-state index in [9.17, 15) is 10.2 Å². The van der Waals surface area contributed by atoms with Gasteiger partial charge in [0.05, 0.1) is 12.7 Å². The standard InChI is InChI=1S/C15H12N2O2/c1-19-15-9-12(7-8-14(15)17-18)13(10-16)11-5-3-2-4-6-11/h2-9,14H,1H3. The van der Waals surface area contributed by atoms with E-state index in [1.165, 1.54) is 7.11 Å². The lowest BCUT2D eigenvalue weighted by atomic mass is 9.96. The Morgan fingerprint density at radius 2 is 2.11 bits per heavy atom. The second-order valence-electron chi connectivity index (χ2n) is 3.97. The third-order valence-electron chi connectivity index (χ3n) is 2.86. The van der Waals surface area contributed by atoms with Crippen LogP contribution >= 0.6 is 0 Å². The number of hydrogen-bond acceptors (Lipinski definition) is 4. The van der Waals surface area contributed by atoms with Gasteiger partial charge in [0.1, 0.15) is 11.8 Å². The predicted octanol–water partition coefficient (Wildman–Crippen LogP) is 3.20. The molecule has 0 amide bonds. The summed E-state index contributed by atoms with van der Waals surface area (Å²) < 4.78 is 5.13. The summed E-state index contributed by atoms with van der Waals surface area (Å²) in [5.74, 6) is 0.441. The maximum Gasteiger partial charge on any atom is 0.167 e. The zero-order valence-electron chi connectivity index (χ0n) is 10.4. The highest BCUT2D eigenvalue weighted by molar-refractivity contribution is 5.83. The average molecular weight is 252 g/mol. The molecule has 0 N–H and O–H groups in total. The zero-order valence-corrected chi connectivity index (χ0v) is 10.4. The zero-order chi connectivity index (χ0) is 13.7. The van der Waals surface area contributed by atoms with Crippen molar-refractivity contribution in [2.24, 2.45) is 5.18 Å². The van der Waals surface area contributed by atoms with Crippen molar-refractivity contribution in [3.05, 3.63) is 70.4 Å². The van der Waals surface area contributed by atoms with Gasteiger partial charge in [0.2, 0.25) is 0 Å². The Morgan fingerprint density at radius 1 is 1.37 bits per heavy atom. The molecule has 0 aliphatic heterocycles. The van der Waals surface area contributed by atoms with Crippen LogP contribution in [0.1, 0.15) is 5.56 Å². The average Bonchev–Trinajstić information content (AvgIpc) is 2.49. The molecular weight excluding hydrogens is 240 g/mol. The lowest BCUT2D eigenvalue weighted by Gasteiger charge is -2.14. The number of ether oxygens (including phenoxy) is 1. The van der Waals surface area contributed by atoms with E-state index in [2.05, 4.69) is 11.2 Å². The van der Waals surface area contributed by atoms with Crippen molar-refractivity contribution in [1.29, 1.82) is 5.26 Å². The third-order valence-corrected chi connectivity index (χ3v) is 2.86. The molecule has 1 aliphatic carbocycles. The summed E-state index contributed by atoms with van der Waals surface area (Å²) in [6, 6.07) is 10.9. The Hall–Kier alpha value is -2.67. The predicted molar refractivity (Wildman–Crippen MR) is 72.8 cm³/mol. The van der Waals surface area contributed by atoms with Crippen LogP contribution in [0.25, 0.3) is 5.57 Å². The highest BCUT2D eigenvalue weighted by Crippen LogP contribution is 2.26. The molecule has 1 atom stereocenters. The minimum atomic E-state index is -0.621. The van der Waals surface area contributed by atoms with Crippen molar-refractivity contribution >= 4 is 5.57 Å². The third kappa shape index (κ3) is 2.61. The van der Waals surface area contributed by atoms with Gasteiger partial charge in [0.15, 0.2) is 6.04 Å². The lowest BCUT2D eigenvalue weighted by Crippen LogP contribution is -2.10. The van der Waals surface area contributed by atoms with Gasteiger partial charge < -0.3 is 4.74 Å². The van der Waals surface area contributed by atoms with Crippen LogP contribution in [0.15, 0.2) is 65.1 Å². The molecule has 1 aromatic carbocycles. The first-order valence-electron chi connectivity index (χ1n) is 5.76. The van der Waals surface area contributed by atoms with Gasteiger partial charge in [0.25, 0.3) is 0 Å². The number of hydrogen-bond donors (Lipinski definition) is 0. The summed E-state index contributed by atoms with van der Waals surface area (Å²) in [5, 5.41) is 12.3. The Bertz CT molecular complexity index is 607. The molecule has 0 spiro atoms. The van der Waals surface area contributed by atoms with Crippen LogP contribution in [0.4, 0.5) is 0 Å². The van der Waals surface area contributed by atoms with E-state index >= 15 is 0 Å². The lowest BCUT2D eigenvalue weighted by molar-refractivity contribution is 0.273. The number of nitrogens with zero attached hydrogens (tertiary/aromatic N) is 2. The molecule has 19 heavy (non-hydrogen) atoms. The van der Waals surface area contributed by atoms with Gasteiger partial charge in [-0.3, -0.25) is 0 Å². The van der Waals surface area contributed by atoms with Crippen LogP contribution in [-0.2, 0) is 4.74 Å². The van der Waals surface area contributed by atoms with Gasteiger partial charge in [-0.05, 0) is 23.3 Å². The van der Waals surface area contributed by atoms with E-state index in [1.807, 2.05) is 30.3 Å². The molecule has 0 radical (unpaired) electrons. The van der Waals surface area contributed by atoms with E-state index in [0.29, 0.717) is 16.9 Å². The van der Waals surface area contributed by atoms with Crippen molar-refractivity contribution in [3.8, 4) is 6.07 Å². The maximum absolute atomic E-state index is 10.6. The first kappa shape index (κ1) is 12.8. The summed E-state index contributed by atoms with van der Waals surface area (Å²) in [5.41, 5.74) is 2.08. The second kappa shape index (κ2) is 5.78. The Kier molecular flexibility index (Phi) is 3.89. The van der Waals surface area contributed by atoms with E-state index in [0.717, 1.165) is 5.56 Å². The molecule has 0 saturated carbocycles. The molecule has 94 valence electrons. The highest BCUT2D eigenvalue weighted by atomic mass is 16.5. The minimum absolute atomic E-state index is 0.441. The van der Waals surface area contributed by atoms with Crippen LogP contribution in [0.5, 0.6) is 0 Å². The molecule has 1 aliphatic rings. The van der Waals surface area contributed by atoms with Crippen molar-refractivity contribution in [2.75, 3.05) is 7.11 Å². The van der Waals surface area contributed by atoms with Crippen LogP contribution < -0.4 is 0 Å². The summed E-state index contributed by atoms with van der Waals surface area (Å²) in [6.45, 7) is 0. The van der Waals surface area contributed by atoms with Crippen LogP contribution in [0.3, 0.4) is 0 Å². The van der Waals surface area contributed by atoms with Gasteiger partial charge in [-0.15, -0.1) is 4.91 Å². The maximum atomic E-state index is 10.6. The van der Waals surface area contributed by atoms with Crippen molar-refractivity contribution < 1.29 is 4.74 Å². The largest absolute Gasteiger partial charge is 0.498 e. The molecule has 0 saturated heterocycles. The first-order valence-corrected chi connectivity index (χ1v) is 5.76. The number of methoxy groups -OCH3 is 1. The molecule has 2 rings (SSSR count). The number of allylic oxidation sites excluding steroid dienone is 4. The molecule has 0 fully saturated rings. The van der Waals surface area contributed by atoms with Gasteiger partial charge >= 0.3 is 0 Å². The minimum Gasteiger partial charge on any atom is -0.498 e. The van der Waals surface area contributed by atoms with Crippen LogP contribution in [-0.4, -0.2) is 13.2 Å². The number of rotatable bonds is 3. The number of nitriles is 1. The summed E-state index contributed by atoms with van der Waals surface area (Å²) in [7, 11) is 1.48. The molecule has 0 bridgehead atoms. The topological polar surface area (TPSA) is 62.4 Å².